The van der Waals surface area contributed by atoms with Crippen LogP contribution in [-0.2, 0) is 10.2 Å². The molecule has 0 radical (unpaired) electrons. The molecule has 1 saturated heterocycles. The molecule has 0 bridgehead atoms. The van der Waals surface area contributed by atoms with Gasteiger partial charge in [0.15, 0.2) is 0 Å². The number of hydrogen-bond acceptors (Lipinski definition) is 3. The highest BCUT2D eigenvalue weighted by molar-refractivity contribution is 6.30. The van der Waals surface area contributed by atoms with Crippen molar-refractivity contribution in [2.24, 2.45) is 5.41 Å². The summed E-state index contributed by atoms with van der Waals surface area (Å²) < 4.78 is 0. The third kappa shape index (κ3) is 4.32. The van der Waals surface area contributed by atoms with Crippen LogP contribution < -0.4 is 5.32 Å². The van der Waals surface area contributed by atoms with Crippen LogP contribution in [0.25, 0.3) is 0 Å². The fraction of sp³-hybridized carbons (Fsp3) is 0.440. The van der Waals surface area contributed by atoms with Gasteiger partial charge in [-0.2, -0.15) is 5.26 Å². The molecule has 1 aliphatic rings. The number of nitrogens with one attached hydrogen (secondary N) is 1. The van der Waals surface area contributed by atoms with Gasteiger partial charge in [0.2, 0.25) is 0 Å². The standard InChI is InChI=1S/C25H28Cl2N2O2/c1-4-24(3,5-2)14-20-25(15-28,17-9-11-18(26)12-10-17)21(22(29-20)23(30)31)16-7-6-8-19(27)13-16/h6-13,20-22,29H,4-5,14H2,1-3H3,(H,30,31)/t20-,21-,22+,25-/m0/s1. The summed E-state index contributed by atoms with van der Waals surface area (Å²) in [5.41, 5.74) is 0.379. The van der Waals surface area contributed by atoms with Crippen LogP contribution in [0, 0.1) is 16.7 Å². The molecule has 164 valence electrons. The minimum atomic E-state index is -1.09. The average Bonchev–Trinajstić information content (AvgIpc) is 3.09. The molecule has 0 saturated carbocycles. The van der Waals surface area contributed by atoms with Gasteiger partial charge in [0.25, 0.3) is 0 Å². The SMILES string of the molecule is CCC(C)(CC)C[C@@H]1N[C@@H](C(=O)O)[C@H](c2cccc(Cl)c2)[C@@]1(C#N)c1ccc(Cl)cc1. The predicted octanol–water partition coefficient (Wildman–Crippen LogP) is 6.18. The quantitative estimate of drug-likeness (QED) is 0.519. The van der Waals surface area contributed by atoms with Gasteiger partial charge in [0.1, 0.15) is 11.5 Å². The van der Waals surface area contributed by atoms with Gasteiger partial charge in [-0.3, -0.25) is 10.1 Å². The van der Waals surface area contributed by atoms with Gasteiger partial charge in [-0.25, -0.2) is 0 Å². The van der Waals surface area contributed by atoms with Crippen molar-refractivity contribution in [3.63, 3.8) is 0 Å². The van der Waals surface area contributed by atoms with E-state index in [1.54, 1.807) is 30.3 Å². The predicted molar refractivity (Wildman–Crippen MR) is 125 cm³/mol. The van der Waals surface area contributed by atoms with E-state index in [-0.39, 0.29) is 11.5 Å². The number of rotatable bonds is 7. The van der Waals surface area contributed by atoms with E-state index < -0.39 is 23.3 Å². The smallest absolute Gasteiger partial charge is 0.321 e. The maximum absolute atomic E-state index is 12.4. The lowest BCUT2D eigenvalue weighted by molar-refractivity contribution is -0.139. The van der Waals surface area contributed by atoms with E-state index in [2.05, 4.69) is 32.2 Å². The molecule has 1 fully saturated rings. The number of carbonyl (C=O) groups is 1. The van der Waals surface area contributed by atoms with E-state index in [0.29, 0.717) is 16.5 Å². The zero-order chi connectivity index (χ0) is 22.8. The largest absolute Gasteiger partial charge is 0.480 e. The first kappa shape index (κ1) is 23.6. The number of nitriles is 1. The summed E-state index contributed by atoms with van der Waals surface area (Å²) in [6.45, 7) is 6.47. The molecular formula is C25H28Cl2N2O2. The molecule has 2 aromatic carbocycles. The summed E-state index contributed by atoms with van der Waals surface area (Å²) in [4.78, 5) is 12.4. The summed E-state index contributed by atoms with van der Waals surface area (Å²) in [5.74, 6) is -1.59. The number of benzene rings is 2. The van der Waals surface area contributed by atoms with Gasteiger partial charge < -0.3 is 5.11 Å². The van der Waals surface area contributed by atoms with Gasteiger partial charge in [-0.05, 0) is 47.2 Å². The Labute approximate surface area is 194 Å². The highest BCUT2D eigenvalue weighted by Gasteiger charge is 2.60. The number of aliphatic carboxylic acids is 1. The third-order valence-corrected chi connectivity index (χ3v) is 7.63. The molecule has 1 aliphatic heterocycles. The Balaban J connectivity index is 2.27. The Bertz CT molecular complexity index is 982. The zero-order valence-electron chi connectivity index (χ0n) is 18.0. The molecule has 4 nitrogen and oxygen atoms in total. The number of carboxylic acids is 1. The molecule has 0 amide bonds. The molecule has 0 aromatic heterocycles. The summed E-state index contributed by atoms with van der Waals surface area (Å²) in [6.07, 6.45) is 2.55. The molecule has 4 atom stereocenters. The van der Waals surface area contributed by atoms with Crippen molar-refractivity contribution in [3.05, 3.63) is 69.7 Å². The Morgan fingerprint density at radius 1 is 1.16 bits per heavy atom. The average molecular weight is 459 g/mol. The Morgan fingerprint density at radius 2 is 1.81 bits per heavy atom. The lowest BCUT2D eigenvalue weighted by Crippen LogP contribution is -2.44. The zero-order valence-corrected chi connectivity index (χ0v) is 19.5. The normalized spacial score (nSPS) is 25.9. The van der Waals surface area contributed by atoms with E-state index in [4.69, 9.17) is 23.2 Å². The van der Waals surface area contributed by atoms with Crippen molar-refractivity contribution >= 4 is 29.2 Å². The number of carboxylic acid groups (broad SMARTS) is 1. The first-order valence-electron chi connectivity index (χ1n) is 10.6. The Morgan fingerprint density at radius 3 is 2.32 bits per heavy atom. The lowest BCUT2D eigenvalue weighted by Gasteiger charge is -2.39. The highest BCUT2D eigenvalue weighted by atomic mass is 35.5. The van der Waals surface area contributed by atoms with E-state index >= 15 is 0 Å². The van der Waals surface area contributed by atoms with Crippen molar-refractivity contribution in [2.45, 2.75) is 63.5 Å². The van der Waals surface area contributed by atoms with Gasteiger partial charge >= 0.3 is 5.97 Å². The number of hydrogen-bond donors (Lipinski definition) is 2. The number of nitrogens with zero attached hydrogens (tertiary/aromatic N) is 1. The Kier molecular flexibility index (Phi) is 7.01. The van der Waals surface area contributed by atoms with Crippen molar-refractivity contribution in [2.75, 3.05) is 0 Å². The number of halogens is 2. The second-order valence-electron chi connectivity index (χ2n) is 8.78. The van der Waals surface area contributed by atoms with Crippen LogP contribution in [0.3, 0.4) is 0 Å². The first-order valence-corrected chi connectivity index (χ1v) is 11.4. The molecule has 6 heteroatoms. The first-order chi connectivity index (χ1) is 14.7. The third-order valence-electron chi connectivity index (χ3n) is 7.14. The Hall–Kier alpha value is -2.06. The topological polar surface area (TPSA) is 73.1 Å². The van der Waals surface area contributed by atoms with E-state index in [1.165, 1.54) is 0 Å². The van der Waals surface area contributed by atoms with E-state index in [9.17, 15) is 15.2 Å². The summed E-state index contributed by atoms with van der Waals surface area (Å²) in [6, 6.07) is 15.7. The van der Waals surface area contributed by atoms with Crippen LogP contribution in [0.1, 0.15) is 57.1 Å². The lowest BCUT2D eigenvalue weighted by atomic mass is 9.62. The summed E-state index contributed by atoms with van der Waals surface area (Å²) >= 11 is 12.4. The maximum atomic E-state index is 12.4. The van der Waals surface area contributed by atoms with Crippen molar-refractivity contribution in [3.8, 4) is 6.07 Å². The van der Waals surface area contributed by atoms with Crippen LogP contribution in [0.15, 0.2) is 48.5 Å². The van der Waals surface area contributed by atoms with Gasteiger partial charge in [0, 0.05) is 22.0 Å². The van der Waals surface area contributed by atoms with Crippen molar-refractivity contribution in [1.29, 1.82) is 5.26 Å². The van der Waals surface area contributed by atoms with Crippen molar-refractivity contribution in [1.82, 2.24) is 5.32 Å². The molecule has 1 heterocycles. The highest BCUT2D eigenvalue weighted by Crippen LogP contribution is 2.52. The minimum absolute atomic E-state index is 0.0293. The van der Waals surface area contributed by atoms with Crippen LogP contribution in [0.4, 0.5) is 0 Å². The molecule has 0 spiro atoms. The molecule has 0 aliphatic carbocycles. The van der Waals surface area contributed by atoms with Gasteiger partial charge in [-0.1, -0.05) is 81.1 Å². The van der Waals surface area contributed by atoms with Gasteiger partial charge in [0.05, 0.1) is 6.07 Å². The molecule has 2 aromatic rings. The minimum Gasteiger partial charge on any atom is -0.480 e. The maximum Gasteiger partial charge on any atom is 0.321 e. The molecule has 0 unspecified atom stereocenters. The molecule has 2 N–H and O–H groups in total. The molecule has 3 rings (SSSR count). The van der Waals surface area contributed by atoms with Crippen LogP contribution >= 0.6 is 23.2 Å². The van der Waals surface area contributed by atoms with Crippen LogP contribution in [0.5, 0.6) is 0 Å². The molecular weight excluding hydrogens is 431 g/mol. The summed E-state index contributed by atoms with van der Waals surface area (Å²) in [5, 5.41) is 25.3. The van der Waals surface area contributed by atoms with Crippen molar-refractivity contribution < 1.29 is 9.90 Å². The van der Waals surface area contributed by atoms with Gasteiger partial charge in [-0.15, -0.1) is 0 Å². The van der Waals surface area contributed by atoms with E-state index in [0.717, 1.165) is 24.0 Å². The fourth-order valence-electron chi connectivity index (χ4n) is 4.86. The molecule has 31 heavy (non-hydrogen) atoms. The fourth-order valence-corrected chi connectivity index (χ4v) is 5.19. The second-order valence-corrected chi connectivity index (χ2v) is 9.65. The van der Waals surface area contributed by atoms with E-state index in [1.807, 2.05) is 18.2 Å². The monoisotopic (exact) mass is 458 g/mol. The summed E-state index contributed by atoms with van der Waals surface area (Å²) in [7, 11) is 0. The van der Waals surface area contributed by atoms with Crippen LogP contribution in [-0.4, -0.2) is 23.2 Å². The van der Waals surface area contributed by atoms with Crippen LogP contribution in [0.2, 0.25) is 10.0 Å². The second kappa shape index (κ2) is 9.20.